The highest BCUT2D eigenvalue weighted by Gasteiger charge is 2.56. The maximum absolute atomic E-state index is 3.60. The third-order valence-electron chi connectivity index (χ3n) is 4.59. The van der Waals surface area contributed by atoms with Crippen molar-refractivity contribution in [3.8, 4) is 0 Å². The van der Waals surface area contributed by atoms with E-state index in [-0.39, 0.29) is 0 Å². The molecule has 2 aromatic rings. The zero-order valence-electron chi connectivity index (χ0n) is 10.3. The van der Waals surface area contributed by atoms with E-state index in [9.17, 15) is 0 Å². The first-order chi connectivity index (χ1) is 8.88. The molecule has 0 spiro atoms. The van der Waals surface area contributed by atoms with Crippen molar-refractivity contribution in [3.63, 3.8) is 0 Å². The molecule has 1 nitrogen and oxygen atoms in total. The molecule has 2 aliphatic heterocycles. The molecule has 2 saturated heterocycles. The fourth-order valence-corrected chi connectivity index (χ4v) is 9.02. The lowest BCUT2D eigenvalue weighted by atomic mass is 10.4. The summed E-state index contributed by atoms with van der Waals surface area (Å²) in [6.45, 7) is 0. The highest BCUT2D eigenvalue weighted by atomic mass is 28.3. The summed E-state index contributed by atoms with van der Waals surface area (Å²) in [6.07, 6.45) is 0. The van der Waals surface area contributed by atoms with E-state index in [0.717, 1.165) is 12.1 Å². The monoisotopic (exact) mass is 251 g/mol. The van der Waals surface area contributed by atoms with Gasteiger partial charge in [-0.25, -0.2) is 0 Å². The van der Waals surface area contributed by atoms with Crippen molar-refractivity contribution in [1.29, 1.82) is 0 Å². The second kappa shape index (κ2) is 3.80. The molecule has 2 unspecified atom stereocenters. The second-order valence-electron chi connectivity index (χ2n) is 5.60. The predicted octanol–water partition coefficient (Wildman–Crippen LogP) is 1.60. The summed E-state index contributed by atoms with van der Waals surface area (Å²) in [7, 11) is -1.46. The molecule has 1 N–H and O–H groups in total. The van der Waals surface area contributed by atoms with Crippen molar-refractivity contribution >= 4 is 18.4 Å². The van der Waals surface area contributed by atoms with Gasteiger partial charge in [-0.3, -0.25) is 0 Å². The Morgan fingerprint density at radius 1 is 0.722 bits per heavy atom. The summed E-state index contributed by atoms with van der Waals surface area (Å²) in [5.74, 6) is 0. The Morgan fingerprint density at radius 2 is 1.17 bits per heavy atom. The molecule has 0 radical (unpaired) electrons. The van der Waals surface area contributed by atoms with Crippen LogP contribution >= 0.6 is 0 Å². The van der Waals surface area contributed by atoms with Crippen molar-refractivity contribution in [2.45, 2.75) is 24.2 Å². The third kappa shape index (κ3) is 1.49. The van der Waals surface area contributed by atoms with Crippen molar-refractivity contribution in [3.05, 3.63) is 60.7 Å². The molecule has 0 bridgehead atoms. The molecule has 2 aromatic carbocycles. The van der Waals surface area contributed by atoms with Crippen LogP contribution in [0.5, 0.6) is 0 Å². The first-order valence-electron chi connectivity index (χ1n) is 6.76. The van der Waals surface area contributed by atoms with Crippen LogP contribution in [-0.2, 0) is 0 Å². The van der Waals surface area contributed by atoms with Gasteiger partial charge in [-0.15, -0.1) is 0 Å². The van der Waals surface area contributed by atoms with Crippen LogP contribution in [0.1, 0.15) is 0 Å². The highest BCUT2D eigenvalue weighted by molar-refractivity contribution is 7.03. The summed E-state index contributed by atoms with van der Waals surface area (Å²) >= 11 is 0. The van der Waals surface area contributed by atoms with Gasteiger partial charge in [0.1, 0.15) is 8.07 Å². The van der Waals surface area contributed by atoms with Crippen LogP contribution in [0.3, 0.4) is 0 Å². The maximum atomic E-state index is 3.60. The predicted molar refractivity (Wildman–Crippen MR) is 78.2 cm³/mol. The minimum atomic E-state index is -1.46. The molecule has 2 aliphatic rings. The molecule has 2 fully saturated rings. The first-order valence-corrected chi connectivity index (χ1v) is 9.17. The van der Waals surface area contributed by atoms with E-state index in [4.69, 9.17) is 0 Å². The molecule has 0 aromatic heterocycles. The molecule has 90 valence electrons. The number of hydrogen-bond donors (Lipinski definition) is 1. The number of hydrogen-bond acceptors (Lipinski definition) is 1. The molecule has 0 aliphatic carbocycles. The molecular weight excluding hydrogens is 234 g/mol. The fraction of sp³-hybridized carbons (Fsp3) is 0.250. The summed E-state index contributed by atoms with van der Waals surface area (Å²) in [4.78, 5) is 0. The van der Waals surface area contributed by atoms with E-state index < -0.39 is 8.07 Å². The van der Waals surface area contributed by atoms with E-state index in [2.05, 4.69) is 66.0 Å². The number of nitrogens with one attached hydrogen (secondary N) is 1. The van der Waals surface area contributed by atoms with Crippen LogP contribution in [0.4, 0.5) is 0 Å². The lowest BCUT2D eigenvalue weighted by Crippen LogP contribution is -2.57. The lowest BCUT2D eigenvalue weighted by Gasteiger charge is -2.29. The van der Waals surface area contributed by atoms with E-state index >= 15 is 0 Å². The van der Waals surface area contributed by atoms with Gasteiger partial charge in [-0.2, -0.15) is 0 Å². The molecule has 0 saturated carbocycles. The number of fused-ring (bicyclic) bond motifs is 1. The van der Waals surface area contributed by atoms with Crippen molar-refractivity contribution in [1.82, 2.24) is 5.32 Å². The number of benzene rings is 2. The van der Waals surface area contributed by atoms with Crippen LogP contribution in [-0.4, -0.2) is 20.2 Å². The van der Waals surface area contributed by atoms with Crippen LogP contribution in [0.2, 0.25) is 12.1 Å². The van der Waals surface area contributed by atoms with Crippen LogP contribution < -0.4 is 15.7 Å². The van der Waals surface area contributed by atoms with Crippen molar-refractivity contribution in [2.75, 3.05) is 0 Å². The second-order valence-corrected chi connectivity index (χ2v) is 9.74. The van der Waals surface area contributed by atoms with Gasteiger partial charge in [0.2, 0.25) is 0 Å². The Morgan fingerprint density at radius 3 is 1.61 bits per heavy atom. The van der Waals surface area contributed by atoms with E-state index in [1.54, 1.807) is 10.4 Å². The van der Waals surface area contributed by atoms with E-state index in [0.29, 0.717) is 0 Å². The average molecular weight is 251 g/mol. The van der Waals surface area contributed by atoms with Gasteiger partial charge >= 0.3 is 0 Å². The van der Waals surface area contributed by atoms with Gasteiger partial charge in [-0.05, 0) is 12.1 Å². The van der Waals surface area contributed by atoms with Crippen molar-refractivity contribution < 1.29 is 0 Å². The summed E-state index contributed by atoms with van der Waals surface area (Å²) in [5.41, 5.74) is 0. The lowest BCUT2D eigenvalue weighted by molar-refractivity contribution is 1.05. The zero-order chi connectivity index (χ0) is 12.0. The molecular formula is C16H17NSi. The van der Waals surface area contributed by atoms with E-state index in [1.807, 2.05) is 0 Å². The van der Waals surface area contributed by atoms with Gasteiger partial charge in [0.15, 0.2) is 0 Å². The molecule has 2 heterocycles. The van der Waals surface area contributed by atoms with Crippen LogP contribution in [0, 0.1) is 0 Å². The van der Waals surface area contributed by atoms with Crippen molar-refractivity contribution in [2.24, 2.45) is 0 Å². The van der Waals surface area contributed by atoms with Gasteiger partial charge in [0.25, 0.3) is 0 Å². The quantitative estimate of drug-likeness (QED) is 0.635. The highest BCUT2D eigenvalue weighted by Crippen LogP contribution is 2.38. The molecule has 0 amide bonds. The first kappa shape index (κ1) is 10.5. The molecule has 2 heteroatoms. The molecule has 2 atom stereocenters. The summed E-state index contributed by atoms with van der Waals surface area (Å²) in [6, 6.07) is 26.8. The Kier molecular flexibility index (Phi) is 2.23. The van der Waals surface area contributed by atoms with Gasteiger partial charge in [0, 0.05) is 12.1 Å². The molecule has 4 rings (SSSR count). The Balaban J connectivity index is 1.85. The molecule has 18 heavy (non-hydrogen) atoms. The van der Waals surface area contributed by atoms with Gasteiger partial charge in [0.05, 0.1) is 0 Å². The largest absolute Gasteiger partial charge is 0.309 e. The topological polar surface area (TPSA) is 21.9 Å². The number of rotatable bonds is 2. The smallest absolute Gasteiger partial charge is 0.121 e. The standard InChI is InChI=1S/C16H17NSi/c1-3-7-13(8-4-1)18(11-15-16(12-18)17-15)14-9-5-2-6-10-14/h1-10,15-17H,11-12H2. The SMILES string of the molecule is c1ccc([Si]2(c3ccccc3)CC3NC3C2)cc1. The minimum Gasteiger partial charge on any atom is -0.309 e. The Labute approximate surface area is 109 Å². The van der Waals surface area contributed by atoms with Gasteiger partial charge in [-0.1, -0.05) is 71.0 Å². The minimum absolute atomic E-state index is 0.803. The zero-order valence-corrected chi connectivity index (χ0v) is 11.3. The Bertz CT molecular complexity index is 500. The maximum Gasteiger partial charge on any atom is 0.121 e. The van der Waals surface area contributed by atoms with E-state index in [1.165, 1.54) is 12.1 Å². The average Bonchev–Trinajstić information content (AvgIpc) is 3.08. The fourth-order valence-electron chi connectivity index (χ4n) is 3.61. The van der Waals surface area contributed by atoms with Gasteiger partial charge < -0.3 is 5.32 Å². The summed E-state index contributed by atoms with van der Waals surface area (Å²) < 4.78 is 0. The normalized spacial score (nSPS) is 27.8. The van der Waals surface area contributed by atoms with Crippen LogP contribution in [0.25, 0.3) is 0 Å². The summed E-state index contributed by atoms with van der Waals surface area (Å²) in [5, 5.41) is 6.83. The van der Waals surface area contributed by atoms with Crippen LogP contribution in [0.15, 0.2) is 60.7 Å². The third-order valence-corrected chi connectivity index (χ3v) is 9.74. The Hall–Kier alpha value is -1.38.